The molecule has 30 heavy (non-hydrogen) atoms. The van der Waals surface area contributed by atoms with E-state index in [2.05, 4.69) is 31.2 Å². The molecule has 0 atom stereocenters. The van der Waals surface area contributed by atoms with E-state index in [1.807, 2.05) is 0 Å². The Balaban J connectivity index is 0.000000207. The zero-order chi connectivity index (χ0) is 20.9. The molecule has 0 aliphatic heterocycles. The second kappa shape index (κ2) is 10.1. The molecule has 1 radical (unpaired) electrons. The summed E-state index contributed by atoms with van der Waals surface area (Å²) < 4.78 is 62.3. The first-order valence-electron chi connectivity index (χ1n) is 7.96. The van der Waals surface area contributed by atoms with Crippen molar-refractivity contribution in [3.05, 3.63) is 84.6 Å². The monoisotopic (exact) mass is 596 g/mol. The Bertz CT molecular complexity index is 1070. The smallest absolute Gasteiger partial charge is 0.431 e. The minimum absolute atomic E-state index is 0. The van der Waals surface area contributed by atoms with Gasteiger partial charge in [-0.15, -0.1) is 12.1 Å². The Kier molecular flexibility index (Phi) is 7.85. The van der Waals surface area contributed by atoms with E-state index in [1.165, 1.54) is 24.8 Å². The van der Waals surface area contributed by atoms with E-state index in [1.54, 1.807) is 18.2 Å². The van der Waals surface area contributed by atoms with Crippen molar-refractivity contribution in [1.29, 1.82) is 0 Å². The van der Waals surface area contributed by atoms with E-state index >= 15 is 0 Å². The fourth-order valence-electron chi connectivity index (χ4n) is 2.14. The first kappa shape index (κ1) is 23.2. The topological polar surface area (TPSA) is 65.7 Å². The summed E-state index contributed by atoms with van der Waals surface area (Å²) in [6.07, 6.45) is 1.33. The zero-order valence-electron chi connectivity index (χ0n) is 14.7. The molecule has 0 N–H and O–H groups in total. The molecule has 4 rings (SSSR count). The van der Waals surface area contributed by atoms with E-state index in [0.29, 0.717) is 11.4 Å². The Morgan fingerprint density at radius 3 is 2.27 bits per heavy atom. The third kappa shape index (κ3) is 5.98. The minimum atomic E-state index is -4.46. The van der Waals surface area contributed by atoms with Gasteiger partial charge in [-0.2, -0.15) is 13.2 Å². The van der Waals surface area contributed by atoms with Crippen LogP contribution in [0.4, 0.5) is 22.0 Å². The number of nitrogens with zero attached hydrogens (tertiary/aromatic N) is 5. The molecule has 3 aromatic heterocycles. The van der Waals surface area contributed by atoms with Crippen LogP contribution >= 0.6 is 0 Å². The fourth-order valence-corrected chi connectivity index (χ4v) is 2.14. The second-order valence-corrected chi connectivity index (χ2v) is 5.46. The van der Waals surface area contributed by atoms with Crippen molar-refractivity contribution in [3.8, 4) is 22.6 Å². The van der Waals surface area contributed by atoms with E-state index in [9.17, 15) is 22.0 Å². The first-order valence-corrected chi connectivity index (χ1v) is 7.96. The molecule has 0 bridgehead atoms. The first-order chi connectivity index (χ1) is 13.8. The van der Waals surface area contributed by atoms with Crippen molar-refractivity contribution in [2.75, 3.05) is 0 Å². The number of halogens is 5. The molecule has 0 saturated heterocycles. The normalized spacial score (nSPS) is 10.6. The van der Waals surface area contributed by atoms with Crippen LogP contribution in [-0.2, 0) is 26.3 Å². The van der Waals surface area contributed by atoms with E-state index in [-0.39, 0.29) is 31.4 Å². The summed E-state index contributed by atoms with van der Waals surface area (Å²) in [5, 5.41) is 6.47. The van der Waals surface area contributed by atoms with Gasteiger partial charge in [0.25, 0.3) is 0 Å². The number of alkyl halides is 3. The summed E-state index contributed by atoms with van der Waals surface area (Å²) in [6, 6.07) is 10.1. The van der Waals surface area contributed by atoms with Gasteiger partial charge in [0.2, 0.25) is 0 Å². The molecule has 11 heteroatoms. The molecule has 0 unspecified atom stereocenters. The summed E-state index contributed by atoms with van der Waals surface area (Å²) in [5.41, 5.74) is -0.0314. The van der Waals surface area contributed by atoms with Crippen molar-refractivity contribution in [3.63, 3.8) is 0 Å². The fraction of sp³-hybridized carbons (Fsp3) is 0.0526. The maximum atomic E-state index is 13.2. The molecule has 4 aromatic rings. The van der Waals surface area contributed by atoms with Gasteiger partial charge in [0.15, 0.2) is 0 Å². The summed E-state index contributed by atoms with van der Waals surface area (Å²) in [7, 11) is 0. The van der Waals surface area contributed by atoms with Crippen LogP contribution in [-0.4, -0.2) is 20.1 Å². The van der Waals surface area contributed by atoms with Gasteiger partial charge in [0, 0.05) is 67.9 Å². The van der Waals surface area contributed by atoms with Crippen molar-refractivity contribution in [1.82, 2.24) is 25.1 Å². The Hall–Kier alpha value is -3.04. The molecular weight excluding hydrogens is 585 g/mol. The van der Waals surface area contributed by atoms with Crippen LogP contribution in [0.25, 0.3) is 22.6 Å². The van der Waals surface area contributed by atoms with Crippen LogP contribution in [0.2, 0.25) is 0 Å². The Morgan fingerprint density at radius 2 is 1.70 bits per heavy atom. The molecule has 0 spiro atoms. The Morgan fingerprint density at radius 1 is 0.933 bits per heavy atom. The van der Waals surface area contributed by atoms with Crippen molar-refractivity contribution in [2.45, 2.75) is 6.18 Å². The average Bonchev–Trinajstić information content (AvgIpc) is 3.21. The predicted octanol–water partition coefficient (Wildman–Crippen LogP) is 4.34. The van der Waals surface area contributed by atoms with Crippen molar-refractivity contribution < 1.29 is 42.1 Å². The van der Waals surface area contributed by atoms with Gasteiger partial charge in [-0.25, -0.2) is 0 Å². The summed E-state index contributed by atoms with van der Waals surface area (Å²) in [4.78, 5) is 11.5. The SMILES string of the molecule is FC(F)(F)c1cc(-c2ccccn2)[n-]n1.Fc1c[c-]c(-c2cnccn2)c(F)c1.[Ir]. The van der Waals surface area contributed by atoms with Crippen LogP contribution in [0, 0.1) is 17.7 Å². The molecule has 1 aromatic carbocycles. The molecule has 0 fully saturated rings. The maximum absolute atomic E-state index is 13.2. The van der Waals surface area contributed by atoms with E-state index < -0.39 is 23.5 Å². The minimum Gasteiger partial charge on any atom is -0.573 e. The van der Waals surface area contributed by atoms with Gasteiger partial charge in [0.05, 0.1) is 0 Å². The van der Waals surface area contributed by atoms with Gasteiger partial charge in [-0.1, -0.05) is 23.4 Å². The van der Waals surface area contributed by atoms with Crippen LogP contribution in [0.1, 0.15) is 5.69 Å². The van der Waals surface area contributed by atoms with Crippen LogP contribution < -0.4 is 5.10 Å². The van der Waals surface area contributed by atoms with Crippen LogP contribution in [0.3, 0.4) is 0 Å². The Labute approximate surface area is 180 Å². The zero-order valence-corrected chi connectivity index (χ0v) is 17.1. The predicted molar refractivity (Wildman–Crippen MR) is 92.0 cm³/mol. The maximum Gasteiger partial charge on any atom is 0.431 e. The number of aromatic nitrogens is 5. The number of hydrogen-bond donors (Lipinski definition) is 0. The van der Waals surface area contributed by atoms with Crippen LogP contribution in [0.5, 0.6) is 0 Å². The van der Waals surface area contributed by atoms with E-state index in [4.69, 9.17) is 0 Å². The molecule has 0 saturated carbocycles. The number of hydrogen-bond acceptors (Lipinski definition) is 4. The van der Waals surface area contributed by atoms with Gasteiger partial charge in [-0.3, -0.25) is 18.7 Å². The molecule has 0 aliphatic carbocycles. The molecule has 3 heterocycles. The van der Waals surface area contributed by atoms with E-state index in [0.717, 1.165) is 18.2 Å². The third-order valence-electron chi connectivity index (χ3n) is 3.43. The molecule has 5 nitrogen and oxygen atoms in total. The largest absolute Gasteiger partial charge is 0.573 e. The quantitative estimate of drug-likeness (QED) is 0.255. The standard InChI is InChI=1S/C10H5F2N2.C9H5F3N3.Ir/c11-7-1-2-8(9(12)5-7)10-6-13-3-4-14-10;10-9(11,12)8-5-7(14-15-8)6-3-1-2-4-13-6;/h1,3-6H;1-5H;/q2*-1;. The molecule has 0 amide bonds. The molecular formula is C19H10F5IrN5-2. The third-order valence-corrected chi connectivity index (χ3v) is 3.43. The summed E-state index contributed by atoms with van der Waals surface area (Å²) in [6.45, 7) is 0. The van der Waals surface area contributed by atoms with Gasteiger partial charge in [0.1, 0.15) is 5.69 Å². The summed E-state index contributed by atoms with van der Waals surface area (Å²) >= 11 is 0. The number of pyridine rings is 1. The van der Waals surface area contributed by atoms with Gasteiger partial charge in [-0.05, 0) is 18.2 Å². The summed E-state index contributed by atoms with van der Waals surface area (Å²) in [5.74, 6) is -1.35. The second-order valence-electron chi connectivity index (χ2n) is 5.46. The van der Waals surface area contributed by atoms with Gasteiger partial charge >= 0.3 is 6.18 Å². The van der Waals surface area contributed by atoms with Gasteiger partial charge < -0.3 is 15.2 Å². The average molecular weight is 596 g/mol. The number of benzene rings is 1. The molecule has 157 valence electrons. The molecule has 0 aliphatic rings. The van der Waals surface area contributed by atoms with Crippen LogP contribution in [0.15, 0.2) is 61.2 Å². The number of rotatable bonds is 2. The van der Waals surface area contributed by atoms with Crippen molar-refractivity contribution in [2.24, 2.45) is 0 Å². The van der Waals surface area contributed by atoms with Crippen molar-refractivity contribution >= 4 is 0 Å².